The van der Waals surface area contributed by atoms with E-state index in [4.69, 9.17) is 0 Å². The molecular weight excluding hydrogens is 242 g/mol. The van der Waals surface area contributed by atoms with Gasteiger partial charge in [-0.15, -0.1) is 0 Å². The van der Waals surface area contributed by atoms with Crippen molar-refractivity contribution in [3.05, 3.63) is 36.5 Å². The second kappa shape index (κ2) is 4.68. The molecule has 1 aliphatic heterocycles. The third kappa shape index (κ3) is 2.27. The van der Waals surface area contributed by atoms with Gasteiger partial charge >= 0.3 is 0 Å². The van der Waals surface area contributed by atoms with Gasteiger partial charge in [-0.1, -0.05) is 6.07 Å². The second-order valence-electron chi connectivity index (χ2n) is 4.52. The fourth-order valence-electron chi connectivity index (χ4n) is 2.24. The minimum absolute atomic E-state index is 0.0697. The summed E-state index contributed by atoms with van der Waals surface area (Å²) in [6, 6.07) is 8.87. The van der Waals surface area contributed by atoms with E-state index < -0.39 is 6.04 Å². The van der Waals surface area contributed by atoms with Crippen LogP contribution in [0.3, 0.4) is 0 Å². The van der Waals surface area contributed by atoms with Crippen LogP contribution in [0.2, 0.25) is 0 Å². The molecule has 0 radical (unpaired) electrons. The summed E-state index contributed by atoms with van der Waals surface area (Å²) in [5.41, 5.74) is 1.55. The summed E-state index contributed by atoms with van der Waals surface area (Å²) in [7, 11) is 0. The molecule has 19 heavy (non-hydrogen) atoms. The summed E-state index contributed by atoms with van der Waals surface area (Å²) in [6.45, 7) is 0. The molecule has 5 heteroatoms. The third-order valence-electron chi connectivity index (χ3n) is 3.22. The van der Waals surface area contributed by atoms with Gasteiger partial charge in [0.05, 0.1) is 11.2 Å². The van der Waals surface area contributed by atoms with Gasteiger partial charge in [0.15, 0.2) is 0 Å². The van der Waals surface area contributed by atoms with Crippen molar-refractivity contribution in [1.82, 2.24) is 10.3 Å². The van der Waals surface area contributed by atoms with Crippen LogP contribution in [-0.2, 0) is 9.59 Å². The monoisotopic (exact) mass is 255 g/mol. The molecule has 2 aromatic rings. The summed E-state index contributed by atoms with van der Waals surface area (Å²) in [5, 5.41) is 6.40. The highest BCUT2D eigenvalue weighted by atomic mass is 16.2. The first kappa shape index (κ1) is 11.6. The molecule has 0 bridgehead atoms. The Kier molecular flexibility index (Phi) is 2.87. The van der Waals surface area contributed by atoms with Crippen molar-refractivity contribution in [2.75, 3.05) is 5.32 Å². The predicted molar refractivity (Wildman–Crippen MR) is 71.5 cm³/mol. The van der Waals surface area contributed by atoms with E-state index in [0.717, 1.165) is 16.6 Å². The van der Waals surface area contributed by atoms with Gasteiger partial charge in [-0.05, 0) is 30.7 Å². The lowest BCUT2D eigenvalue weighted by atomic mass is 10.1. The molecule has 1 atom stereocenters. The van der Waals surface area contributed by atoms with Crippen molar-refractivity contribution in [2.24, 2.45) is 0 Å². The summed E-state index contributed by atoms with van der Waals surface area (Å²) < 4.78 is 0. The molecule has 1 aliphatic rings. The maximum Gasteiger partial charge on any atom is 0.246 e. The van der Waals surface area contributed by atoms with Crippen molar-refractivity contribution in [1.29, 1.82) is 0 Å². The number of fused-ring (bicyclic) bond motifs is 1. The van der Waals surface area contributed by atoms with Crippen molar-refractivity contribution < 1.29 is 9.59 Å². The van der Waals surface area contributed by atoms with Crippen molar-refractivity contribution in [2.45, 2.75) is 18.9 Å². The molecule has 0 saturated carbocycles. The van der Waals surface area contributed by atoms with Gasteiger partial charge in [-0.25, -0.2) is 0 Å². The molecule has 5 nitrogen and oxygen atoms in total. The minimum Gasteiger partial charge on any atom is -0.344 e. The Morgan fingerprint density at radius 1 is 1.32 bits per heavy atom. The Balaban J connectivity index is 1.85. The van der Waals surface area contributed by atoms with Crippen LogP contribution in [0, 0.1) is 0 Å². The zero-order valence-corrected chi connectivity index (χ0v) is 10.2. The molecule has 1 unspecified atom stereocenters. The van der Waals surface area contributed by atoms with Crippen LogP contribution in [0.25, 0.3) is 10.9 Å². The van der Waals surface area contributed by atoms with Crippen LogP contribution >= 0.6 is 0 Å². The Bertz CT molecular complexity index is 649. The number of anilines is 1. The Hall–Kier alpha value is -2.43. The fraction of sp³-hybridized carbons (Fsp3) is 0.214. The number of carbonyl (C=O) groups is 2. The van der Waals surface area contributed by atoms with E-state index >= 15 is 0 Å². The van der Waals surface area contributed by atoms with Gasteiger partial charge in [0.25, 0.3) is 0 Å². The number of nitrogens with one attached hydrogen (secondary N) is 2. The predicted octanol–water partition coefficient (Wildman–Crippen LogP) is 1.45. The highest BCUT2D eigenvalue weighted by molar-refractivity contribution is 6.04. The molecular formula is C14H13N3O2. The van der Waals surface area contributed by atoms with Gasteiger partial charge in [0, 0.05) is 18.0 Å². The lowest BCUT2D eigenvalue weighted by Crippen LogP contribution is -2.37. The number of amides is 2. The highest BCUT2D eigenvalue weighted by Gasteiger charge is 2.27. The van der Waals surface area contributed by atoms with Gasteiger partial charge in [-0.2, -0.15) is 0 Å². The Labute approximate surface area is 110 Å². The number of rotatable bonds is 2. The maximum atomic E-state index is 12.1. The van der Waals surface area contributed by atoms with Crippen LogP contribution in [-0.4, -0.2) is 22.8 Å². The molecule has 2 heterocycles. The number of pyridine rings is 1. The number of nitrogens with zero attached hydrogens (tertiary/aromatic N) is 1. The number of carbonyl (C=O) groups excluding carboxylic acids is 2. The van der Waals surface area contributed by atoms with Gasteiger partial charge < -0.3 is 10.6 Å². The first-order chi connectivity index (χ1) is 9.24. The number of hydrogen-bond donors (Lipinski definition) is 2. The zero-order chi connectivity index (χ0) is 13.2. The minimum atomic E-state index is -0.431. The van der Waals surface area contributed by atoms with E-state index in [1.165, 1.54) is 0 Å². The maximum absolute atomic E-state index is 12.1. The molecule has 1 aromatic carbocycles. The van der Waals surface area contributed by atoms with E-state index in [9.17, 15) is 9.59 Å². The molecule has 3 rings (SSSR count). The van der Waals surface area contributed by atoms with Gasteiger partial charge in [0.2, 0.25) is 11.8 Å². The van der Waals surface area contributed by atoms with E-state index in [1.54, 1.807) is 6.20 Å². The van der Waals surface area contributed by atoms with Crippen molar-refractivity contribution in [3.63, 3.8) is 0 Å². The van der Waals surface area contributed by atoms with Crippen LogP contribution in [0.5, 0.6) is 0 Å². The molecule has 0 spiro atoms. The van der Waals surface area contributed by atoms with E-state index in [2.05, 4.69) is 15.6 Å². The second-order valence-corrected chi connectivity index (χ2v) is 4.52. The van der Waals surface area contributed by atoms with Gasteiger partial charge in [-0.3, -0.25) is 14.6 Å². The number of benzene rings is 1. The summed E-state index contributed by atoms with van der Waals surface area (Å²) in [4.78, 5) is 27.4. The van der Waals surface area contributed by atoms with Gasteiger partial charge in [0.1, 0.15) is 6.04 Å². The smallest absolute Gasteiger partial charge is 0.246 e. The summed E-state index contributed by atoms with van der Waals surface area (Å²) in [6.07, 6.45) is 2.67. The highest BCUT2D eigenvalue weighted by Crippen LogP contribution is 2.22. The molecule has 1 saturated heterocycles. The van der Waals surface area contributed by atoms with Crippen molar-refractivity contribution >= 4 is 28.4 Å². The largest absolute Gasteiger partial charge is 0.344 e. The molecule has 96 valence electrons. The zero-order valence-electron chi connectivity index (χ0n) is 10.2. The quantitative estimate of drug-likeness (QED) is 0.853. The number of hydrogen-bond acceptors (Lipinski definition) is 3. The van der Waals surface area contributed by atoms with Crippen LogP contribution in [0.1, 0.15) is 12.8 Å². The van der Waals surface area contributed by atoms with Crippen molar-refractivity contribution in [3.8, 4) is 0 Å². The Morgan fingerprint density at radius 3 is 3.00 bits per heavy atom. The van der Waals surface area contributed by atoms with Crippen LogP contribution in [0.4, 0.5) is 5.69 Å². The van der Waals surface area contributed by atoms with E-state index in [0.29, 0.717) is 12.8 Å². The fourth-order valence-corrected chi connectivity index (χ4v) is 2.24. The lowest BCUT2D eigenvalue weighted by molar-refractivity contribution is -0.122. The summed E-state index contributed by atoms with van der Waals surface area (Å²) in [5.74, 6) is -0.248. The SMILES string of the molecule is O=C1CCC(C(=O)Nc2cccc3ncccc23)N1. The van der Waals surface area contributed by atoms with E-state index in [1.807, 2.05) is 30.3 Å². The Morgan fingerprint density at radius 2 is 2.21 bits per heavy atom. The van der Waals surface area contributed by atoms with Crippen LogP contribution in [0.15, 0.2) is 36.5 Å². The van der Waals surface area contributed by atoms with Crippen LogP contribution < -0.4 is 10.6 Å². The molecule has 1 aromatic heterocycles. The lowest BCUT2D eigenvalue weighted by Gasteiger charge is -2.12. The average Bonchev–Trinajstić information content (AvgIpc) is 2.86. The summed E-state index contributed by atoms with van der Waals surface area (Å²) >= 11 is 0. The average molecular weight is 255 g/mol. The standard InChI is InChI=1S/C14H13N3O2/c18-13-7-6-12(16-13)14(19)17-11-5-1-4-10-9(11)3-2-8-15-10/h1-5,8,12H,6-7H2,(H,16,18)(H,17,19). The molecule has 2 N–H and O–H groups in total. The topological polar surface area (TPSA) is 71.1 Å². The third-order valence-corrected chi connectivity index (χ3v) is 3.22. The molecule has 0 aliphatic carbocycles. The van der Waals surface area contributed by atoms with E-state index in [-0.39, 0.29) is 11.8 Å². The molecule has 2 amide bonds. The first-order valence-corrected chi connectivity index (χ1v) is 6.18. The normalized spacial score (nSPS) is 18.3. The number of aromatic nitrogens is 1. The molecule has 1 fully saturated rings. The first-order valence-electron chi connectivity index (χ1n) is 6.18.